The van der Waals surface area contributed by atoms with Crippen molar-refractivity contribution in [3.63, 3.8) is 0 Å². The fraction of sp³-hybridized carbons (Fsp3) is 0.217. The average Bonchev–Trinajstić information content (AvgIpc) is 2.77. The molecule has 3 rings (SSSR count). The van der Waals surface area contributed by atoms with Gasteiger partial charge in [-0.25, -0.2) is 0 Å². The van der Waals surface area contributed by atoms with Gasteiger partial charge < -0.3 is 21.1 Å². The first-order chi connectivity index (χ1) is 14.3. The van der Waals surface area contributed by atoms with Gasteiger partial charge in [0.15, 0.2) is 0 Å². The smallest absolute Gasteiger partial charge is 0.127 e. The number of hydrogen-bond acceptors (Lipinski definition) is 6. The first-order valence-corrected chi connectivity index (χ1v) is 9.64. The third-order valence-electron chi connectivity index (χ3n) is 4.28. The first-order valence-electron chi connectivity index (χ1n) is 9.64. The number of ether oxygens (including phenoxy) is 1. The van der Waals surface area contributed by atoms with Crippen LogP contribution in [-0.2, 0) is 6.54 Å². The third-order valence-corrected chi connectivity index (χ3v) is 4.28. The summed E-state index contributed by atoms with van der Waals surface area (Å²) in [5.74, 6) is 1.44. The third kappa shape index (κ3) is 6.40. The molecule has 0 fully saturated rings. The van der Waals surface area contributed by atoms with Crippen LogP contribution in [0.5, 0.6) is 11.5 Å². The number of benzene rings is 2. The molecule has 0 radical (unpaired) electrons. The molecule has 29 heavy (non-hydrogen) atoms. The fourth-order valence-electron chi connectivity index (χ4n) is 2.79. The fourth-order valence-corrected chi connectivity index (χ4v) is 2.79. The Labute approximate surface area is 171 Å². The van der Waals surface area contributed by atoms with Crippen molar-refractivity contribution >= 4 is 0 Å². The zero-order valence-electron chi connectivity index (χ0n) is 16.3. The summed E-state index contributed by atoms with van der Waals surface area (Å²) in [6.45, 7) is 3.96. The standard InChI is InChI=1S/C23H25N5O/c24-12-13-26-14-15-27-17-20-2-1-3-23(28-20)19-6-10-22(11-7-19)29-21-8-4-18(16-25)5-9-21/h1-11,26-27H,12-15,17,24H2. The highest BCUT2D eigenvalue weighted by Crippen LogP contribution is 2.25. The van der Waals surface area contributed by atoms with Gasteiger partial charge in [0.2, 0.25) is 0 Å². The van der Waals surface area contributed by atoms with Crippen molar-refractivity contribution in [2.45, 2.75) is 6.54 Å². The van der Waals surface area contributed by atoms with Gasteiger partial charge >= 0.3 is 0 Å². The number of nitrogens with one attached hydrogen (secondary N) is 2. The Morgan fingerprint density at radius 3 is 2.24 bits per heavy atom. The second-order valence-electron chi connectivity index (χ2n) is 6.49. The quantitative estimate of drug-likeness (QED) is 0.463. The van der Waals surface area contributed by atoms with Crippen LogP contribution in [0.3, 0.4) is 0 Å². The zero-order chi connectivity index (χ0) is 20.3. The molecule has 0 aliphatic heterocycles. The Balaban J connectivity index is 1.57. The summed E-state index contributed by atoms with van der Waals surface area (Å²) >= 11 is 0. The molecule has 6 nitrogen and oxygen atoms in total. The lowest BCUT2D eigenvalue weighted by Crippen LogP contribution is -2.30. The van der Waals surface area contributed by atoms with Crippen molar-refractivity contribution in [1.82, 2.24) is 15.6 Å². The maximum Gasteiger partial charge on any atom is 0.127 e. The Morgan fingerprint density at radius 1 is 0.862 bits per heavy atom. The molecule has 2 aromatic carbocycles. The highest BCUT2D eigenvalue weighted by atomic mass is 16.5. The lowest BCUT2D eigenvalue weighted by molar-refractivity contribution is 0.482. The van der Waals surface area contributed by atoms with E-state index in [-0.39, 0.29) is 0 Å². The van der Waals surface area contributed by atoms with Crippen molar-refractivity contribution < 1.29 is 4.74 Å². The average molecular weight is 387 g/mol. The highest BCUT2D eigenvalue weighted by molar-refractivity contribution is 5.60. The van der Waals surface area contributed by atoms with Crippen LogP contribution < -0.4 is 21.1 Å². The summed E-state index contributed by atoms with van der Waals surface area (Å²) in [4.78, 5) is 4.74. The predicted octanol–water partition coefficient (Wildman–Crippen LogP) is 3.05. The molecule has 0 unspecified atom stereocenters. The SMILES string of the molecule is N#Cc1ccc(Oc2ccc(-c3cccc(CNCCNCCN)n3)cc2)cc1. The van der Waals surface area contributed by atoms with E-state index in [0.717, 1.165) is 48.9 Å². The molecule has 0 bridgehead atoms. The molecule has 1 aromatic heterocycles. The van der Waals surface area contributed by atoms with E-state index in [4.69, 9.17) is 20.7 Å². The van der Waals surface area contributed by atoms with Gasteiger partial charge in [0.25, 0.3) is 0 Å². The lowest BCUT2D eigenvalue weighted by atomic mass is 10.1. The Bertz CT molecular complexity index is 933. The summed E-state index contributed by atoms with van der Waals surface area (Å²) < 4.78 is 5.83. The number of nitrogens with zero attached hydrogens (tertiary/aromatic N) is 2. The Morgan fingerprint density at radius 2 is 1.55 bits per heavy atom. The maximum atomic E-state index is 8.86. The number of nitriles is 1. The van der Waals surface area contributed by atoms with Gasteiger partial charge in [-0.3, -0.25) is 4.98 Å². The van der Waals surface area contributed by atoms with E-state index in [1.807, 2.05) is 42.5 Å². The number of hydrogen-bond donors (Lipinski definition) is 3. The normalized spacial score (nSPS) is 10.5. The molecular formula is C23H25N5O. The molecule has 6 heteroatoms. The van der Waals surface area contributed by atoms with E-state index >= 15 is 0 Å². The summed E-state index contributed by atoms with van der Waals surface area (Å²) in [7, 11) is 0. The van der Waals surface area contributed by atoms with E-state index in [1.165, 1.54) is 0 Å². The van der Waals surface area contributed by atoms with Gasteiger partial charge in [-0.2, -0.15) is 5.26 Å². The minimum Gasteiger partial charge on any atom is -0.457 e. The molecule has 3 aromatic rings. The second kappa shape index (κ2) is 10.9. The van der Waals surface area contributed by atoms with Gasteiger partial charge in [-0.1, -0.05) is 6.07 Å². The zero-order valence-corrected chi connectivity index (χ0v) is 16.3. The number of aromatic nitrogens is 1. The minimum absolute atomic E-state index is 0.611. The highest BCUT2D eigenvalue weighted by Gasteiger charge is 2.03. The molecular weight excluding hydrogens is 362 g/mol. The van der Waals surface area contributed by atoms with E-state index in [2.05, 4.69) is 16.7 Å². The van der Waals surface area contributed by atoms with E-state index in [9.17, 15) is 0 Å². The summed E-state index contributed by atoms with van der Waals surface area (Å²) in [6.07, 6.45) is 0. The van der Waals surface area contributed by atoms with E-state index < -0.39 is 0 Å². The number of nitrogens with two attached hydrogens (primary N) is 1. The molecule has 1 heterocycles. The van der Waals surface area contributed by atoms with Crippen LogP contribution in [0.2, 0.25) is 0 Å². The molecule has 0 aliphatic carbocycles. The molecule has 4 N–H and O–H groups in total. The van der Waals surface area contributed by atoms with Crippen LogP contribution in [0.15, 0.2) is 66.7 Å². The predicted molar refractivity (Wildman–Crippen MR) is 115 cm³/mol. The molecule has 0 saturated carbocycles. The van der Waals surface area contributed by atoms with Crippen molar-refractivity contribution in [2.24, 2.45) is 5.73 Å². The van der Waals surface area contributed by atoms with Gasteiger partial charge in [-0.05, 0) is 60.7 Å². The van der Waals surface area contributed by atoms with Crippen LogP contribution in [-0.4, -0.2) is 31.2 Å². The number of rotatable bonds is 10. The Kier molecular flexibility index (Phi) is 7.72. The lowest BCUT2D eigenvalue weighted by Gasteiger charge is -2.09. The molecule has 0 atom stereocenters. The number of pyridine rings is 1. The van der Waals surface area contributed by atoms with Gasteiger partial charge in [0, 0.05) is 38.3 Å². The molecule has 148 valence electrons. The maximum absolute atomic E-state index is 8.86. The van der Waals surface area contributed by atoms with Crippen molar-refractivity contribution in [3.05, 3.63) is 78.0 Å². The van der Waals surface area contributed by atoms with E-state index in [1.54, 1.807) is 24.3 Å². The van der Waals surface area contributed by atoms with Crippen molar-refractivity contribution in [2.75, 3.05) is 26.2 Å². The molecule has 0 saturated heterocycles. The largest absolute Gasteiger partial charge is 0.457 e. The monoisotopic (exact) mass is 387 g/mol. The van der Waals surface area contributed by atoms with Crippen molar-refractivity contribution in [3.8, 4) is 28.8 Å². The van der Waals surface area contributed by atoms with Gasteiger partial charge in [-0.15, -0.1) is 0 Å². The molecule has 0 aliphatic rings. The molecule has 0 amide bonds. The van der Waals surface area contributed by atoms with Gasteiger partial charge in [0.1, 0.15) is 11.5 Å². The summed E-state index contributed by atoms with van der Waals surface area (Å²) in [5.41, 5.74) is 9.02. The second-order valence-corrected chi connectivity index (χ2v) is 6.49. The Hall–Kier alpha value is -3.24. The minimum atomic E-state index is 0.611. The van der Waals surface area contributed by atoms with Crippen LogP contribution >= 0.6 is 0 Å². The van der Waals surface area contributed by atoms with Crippen LogP contribution in [0.4, 0.5) is 0 Å². The van der Waals surface area contributed by atoms with Crippen LogP contribution in [0.25, 0.3) is 11.3 Å². The first kappa shape index (κ1) is 20.5. The summed E-state index contributed by atoms with van der Waals surface area (Å²) in [5, 5.41) is 15.5. The van der Waals surface area contributed by atoms with Crippen LogP contribution in [0, 0.1) is 11.3 Å². The molecule has 0 spiro atoms. The topological polar surface area (TPSA) is 96.0 Å². The van der Waals surface area contributed by atoms with Gasteiger partial charge in [0.05, 0.1) is 23.0 Å². The summed E-state index contributed by atoms with van der Waals surface area (Å²) in [6, 6.07) is 23.0. The van der Waals surface area contributed by atoms with Crippen LogP contribution in [0.1, 0.15) is 11.3 Å². The van der Waals surface area contributed by atoms with E-state index in [0.29, 0.717) is 17.9 Å². The van der Waals surface area contributed by atoms with Crippen molar-refractivity contribution in [1.29, 1.82) is 5.26 Å².